The minimum Gasteiger partial charge on any atom is -0.363 e. The van der Waals surface area contributed by atoms with Crippen LogP contribution in [0.15, 0.2) is 72.3 Å². The number of nitrogens with zero attached hydrogens (tertiary/aromatic N) is 4. The Balaban J connectivity index is 1.30. The van der Waals surface area contributed by atoms with Crippen LogP contribution in [-0.4, -0.2) is 27.0 Å². The van der Waals surface area contributed by atoms with Crippen LogP contribution in [0.1, 0.15) is 43.4 Å². The lowest BCUT2D eigenvalue weighted by atomic mass is 10.1. The number of thiazole rings is 1. The van der Waals surface area contributed by atoms with E-state index in [-0.39, 0.29) is 11.9 Å². The number of anilines is 2. The summed E-state index contributed by atoms with van der Waals surface area (Å²) < 4.78 is 31.0. The van der Waals surface area contributed by atoms with Crippen LogP contribution < -0.4 is 10.2 Å². The summed E-state index contributed by atoms with van der Waals surface area (Å²) in [5.74, 6) is -0.843. The highest BCUT2D eigenvalue weighted by Gasteiger charge is 2.28. The van der Waals surface area contributed by atoms with Crippen LogP contribution in [0, 0.1) is 5.95 Å². The second kappa shape index (κ2) is 8.92. The van der Waals surface area contributed by atoms with Gasteiger partial charge < -0.3 is 9.47 Å². The number of aromatic nitrogens is 3. The summed E-state index contributed by atoms with van der Waals surface area (Å²) in [6.07, 6.45) is 5.08. The van der Waals surface area contributed by atoms with E-state index in [0.717, 1.165) is 30.8 Å². The highest BCUT2D eigenvalue weighted by atomic mass is 32.1. The van der Waals surface area contributed by atoms with Crippen molar-refractivity contribution in [3.05, 3.63) is 95.2 Å². The Morgan fingerprint density at radius 2 is 2.16 bits per heavy atom. The number of hydrogen-bond donors (Lipinski definition) is 1. The summed E-state index contributed by atoms with van der Waals surface area (Å²) >= 11 is 1.37. The smallest absolute Gasteiger partial charge is 0.274 e. The third-order valence-corrected chi connectivity index (χ3v) is 6.28. The monoisotopic (exact) mass is 449 g/mol. The number of carbonyl (C=O) groups is 1. The topological polar surface area (TPSA) is 63.1 Å². The van der Waals surface area contributed by atoms with E-state index in [1.54, 1.807) is 41.1 Å². The number of benzene rings is 1. The van der Waals surface area contributed by atoms with E-state index in [1.165, 1.54) is 29.7 Å². The van der Waals surface area contributed by atoms with E-state index < -0.39 is 5.95 Å². The minimum atomic E-state index is -0.555. The molecule has 1 aliphatic rings. The van der Waals surface area contributed by atoms with Crippen molar-refractivity contribution in [1.82, 2.24) is 14.5 Å². The maximum Gasteiger partial charge on any atom is 0.274 e. The summed E-state index contributed by atoms with van der Waals surface area (Å²) in [6, 6.07) is 12.3. The molecule has 1 saturated heterocycles. The van der Waals surface area contributed by atoms with Gasteiger partial charge in [0.1, 0.15) is 5.69 Å². The van der Waals surface area contributed by atoms with Gasteiger partial charge in [-0.2, -0.15) is 4.39 Å². The molecular weight excluding hydrogens is 425 g/mol. The molecule has 0 aliphatic carbocycles. The van der Waals surface area contributed by atoms with Crippen molar-refractivity contribution in [3.8, 4) is 0 Å². The molecule has 4 aromatic rings. The molecule has 4 heterocycles. The Morgan fingerprint density at radius 1 is 1.28 bits per heavy atom. The van der Waals surface area contributed by atoms with Gasteiger partial charge in [-0.1, -0.05) is 18.2 Å². The van der Waals surface area contributed by atoms with E-state index >= 15 is 0 Å². The van der Waals surface area contributed by atoms with E-state index in [9.17, 15) is 9.18 Å². The third-order valence-electron chi connectivity index (χ3n) is 5.50. The molecule has 6 nitrogen and oxygen atoms in total. The summed E-state index contributed by atoms with van der Waals surface area (Å²) in [5, 5.41) is 5.33. The zero-order valence-corrected chi connectivity index (χ0v) is 18.0. The molecule has 0 radical (unpaired) electrons. The van der Waals surface area contributed by atoms with Gasteiger partial charge in [-0.3, -0.25) is 10.1 Å². The average molecular weight is 450 g/mol. The van der Waals surface area contributed by atoms with Gasteiger partial charge in [0.25, 0.3) is 5.91 Å². The van der Waals surface area contributed by atoms with Gasteiger partial charge in [-0.05, 0) is 54.8 Å². The molecule has 1 N–H and O–H groups in total. The van der Waals surface area contributed by atoms with Crippen molar-refractivity contribution in [2.45, 2.75) is 25.4 Å². The highest BCUT2D eigenvalue weighted by Crippen LogP contribution is 2.37. The number of amides is 1. The van der Waals surface area contributed by atoms with Crippen molar-refractivity contribution < 1.29 is 11.9 Å². The molecule has 32 heavy (non-hydrogen) atoms. The fourth-order valence-corrected chi connectivity index (χ4v) is 4.80. The zero-order chi connectivity index (χ0) is 23.7. The van der Waals surface area contributed by atoms with Gasteiger partial charge in [-0.15, -0.1) is 11.3 Å². The van der Waals surface area contributed by atoms with Crippen molar-refractivity contribution in [2.75, 3.05) is 16.8 Å². The quantitative estimate of drug-likeness (QED) is 0.415. The van der Waals surface area contributed by atoms with Crippen molar-refractivity contribution in [1.29, 1.82) is 0 Å². The third kappa shape index (κ3) is 4.27. The van der Waals surface area contributed by atoms with Crippen LogP contribution in [-0.2, 0) is 6.54 Å². The molecule has 1 aromatic carbocycles. The average Bonchev–Trinajstić information content (AvgIpc) is 3.53. The number of pyridine rings is 1. The van der Waals surface area contributed by atoms with Gasteiger partial charge in [0, 0.05) is 36.6 Å². The molecule has 5 rings (SSSR count). The first-order valence-electron chi connectivity index (χ1n) is 11.3. The molecule has 8 heteroatoms. The lowest BCUT2D eigenvalue weighted by Gasteiger charge is -2.25. The molecule has 1 fully saturated rings. The summed E-state index contributed by atoms with van der Waals surface area (Å²) in [6.45, 7) is 1.18. The molecule has 0 saturated carbocycles. The predicted molar refractivity (Wildman–Crippen MR) is 124 cm³/mol. The SMILES string of the molecule is [2H]c1cc([2H])cc(N2CCC[C@@H]2c2csc(NC(=O)c3cccn3Cc3ccnc(F)c3)n2)c1. The summed E-state index contributed by atoms with van der Waals surface area (Å²) in [5.41, 5.74) is 2.88. The Morgan fingerprint density at radius 3 is 3.00 bits per heavy atom. The van der Waals surface area contributed by atoms with Crippen LogP contribution in [0.3, 0.4) is 0 Å². The first-order chi connectivity index (χ1) is 16.5. The minimum absolute atomic E-state index is 0.0357. The predicted octanol–water partition coefficient (Wildman–Crippen LogP) is 5.12. The van der Waals surface area contributed by atoms with Crippen molar-refractivity contribution in [2.24, 2.45) is 0 Å². The molecule has 0 spiro atoms. The van der Waals surface area contributed by atoms with E-state index in [4.69, 9.17) is 2.74 Å². The first kappa shape index (κ1) is 18.1. The molecule has 0 bridgehead atoms. The Kier molecular flexibility index (Phi) is 5.04. The zero-order valence-electron chi connectivity index (χ0n) is 19.2. The standard InChI is InChI=1S/C24H22FN5OS/c25-22-14-17(10-11-26-22)15-29-12-4-9-21(29)23(31)28-24-27-19(16-32-24)20-8-5-13-30(20)18-6-2-1-3-7-18/h1-4,6-7,9-12,14,16,20H,5,8,13,15H2,(H,27,28,31)/t20-/m1/s1/i2D,3D. The lowest BCUT2D eigenvalue weighted by molar-refractivity contribution is 0.101. The van der Waals surface area contributed by atoms with Crippen molar-refractivity contribution >= 4 is 28.1 Å². The summed E-state index contributed by atoms with van der Waals surface area (Å²) in [4.78, 5) is 23.4. The number of carbonyl (C=O) groups excluding carboxylic acids is 1. The first-order valence-corrected chi connectivity index (χ1v) is 11.2. The van der Waals surface area contributed by atoms with Crippen LogP contribution in [0.25, 0.3) is 0 Å². The number of halogens is 1. The Bertz CT molecular complexity index is 1320. The second-order valence-corrected chi connectivity index (χ2v) is 8.44. The second-order valence-electron chi connectivity index (χ2n) is 7.58. The fourth-order valence-electron chi connectivity index (χ4n) is 4.05. The van der Waals surface area contributed by atoms with Crippen LogP contribution in [0.4, 0.5) is 15.2 Å². The van der Waals surface area contributed by atoms with E-state index in [1.807, 2.05) is 5.38 Å². The van der Waals surface area contributed by atoms with Crippen LogP contribution in [0.5, 0.6) is 0 Å². The Hall–Kier alpha value is -3.52. The Labute approximate surface area is 192 Å². The van der Waals surface area contributed by atoms with Gasteiger partial charge >= 0.3 is 0 Å². The number of nitrogens with one attached hydrogen (secondary N) is 1. The number of rotatable bonds is 6. The summed E-state index contributed by atoms with van der Waals surface area (Å²) in [7, 11) is 0. The maximum absolute atomic E-state index is 13.4. The molecule has 162 valence electrons. The molecular formula is C24H22FN5OS. The van der Waals surface area contributed by atoms with Gasteiger partial charge in [-0.25, -0.2) is 9.97 Å². The van der Waals surface area contributed by atoms with Gasteiger partial charge in [0.05, 0.1) is 14.5 Å². The number of para-hydroxylation sites is 1. The largest absolute Gasteiger partial charge is 0.363 e. The maximum atomic E-state index is 13.4. The number of hydrogen-bond acceptors (Lipinski definition) is 5. The van der Waals surface area contributed by atoms with Gasteiger partial charge in [0.2, 0.25) is 5.95 Å². The van der Waals surface area contributed by atoms with Crippen LogP contribution in [0.2, 0.25) is 0 Å². The highest BCUT2D eigenvalue weighted by molar-refractivity contribution is 7.14. The van der Waals surface area contributed by atoms with Crippen LogP contribution >= 0.6 is 11.3 Å². The van der Waals surface area contributed by atoms with E-state index in [2.05, 4.69) is 20.2 Å². The van der Waals surface area contributed by atoms with Crippen molar-refractivity contribution in [3.63, 3.8) is 0 Å². The molecule has 0 unspecified atom stereocenters. The fraction of sp³-hybridized carbons (Fsp3) is 0.208. The van der Waals surface area contributed by atoms with Gasteiger partial charge in [0.15, 0.2) is 5.13 Å². The molecule has 1 amide bonds. The molecule has 3 aromatic heterocycles. The normalized spacial score (nSPS) is 16.7. The molecule has 1 aliphatic heterocycles. The molecule has 1 atom stereocenters. The lowest BCUT2D eigenvalue weighted by Crippen LogP contribution is -2.22. The van der Waals surface area contributed by atoms with E-state index in [0.29, 0.717) is 35.0 Å².